The van der Waals surface area contributed by atoms with Crippen molar-refractivity contribution in [2.45, 2.75) is 32.2 Å². The fourth-order valence-electron chi connectivity index (χ4n) is 3.92. The third-order valence-corrected chi connectivity index (χ3v) is 5.54. The molecule has 1 amide bonds. The number of piperidine rings is 1. The molecule has 1 atom stereocenters. The lowest BCUT2D eigenvalue weighted by Crippen LogP contribution is -2.42. The number of hydrogen-bond donors (Lipinski definition) is 1. The summed E-state index contributed by atoms with van der Waals surface area (Å²) in [5.74, 6) is -0.0478. The number of amides is 1. The van der Waals surface area contributed by atoms with Gasteiger partial charge in [0.25, 0.3) is 5.91 Å². The molecule has 0 radical (unpaired) electrons. The van der Waals surface area contributed by atoms with Crippen LogP contribution in [0.15, 0.2) is 54.9 Å². The maximum atomic E-state index is 13.0. The van der Waals surface area contributed by atoms with Crippen molar-refractivity contribution >= 4 is 16.8 Å². The zero-order valence-corrected chi connectivity index (χ0v) is 16.3. The summed E-state index contributed by atoms with van der Waals surface area (Å²) in [6, 6.07) is 14.1. The zero-order chi connectivity index (χ0) is 19.3. The van der Waals surface area contributed by atoms with Gasteiger partial charge in [0.15, 0.2) is 0 Å². The Morgan fingerprint density at radius 3 is 2.93 bits per heavy atom. The lowest BCUT2D eigenvalue weighted by atomic mass is 10.0. The number of nitrogens with one attached hydrogen (secondary N) is 1. The van der Waals surface area contributed by atoms with Crippen LogP contribution in [0.4, 0.5) is 0 Å². The molecule has 0 spiro atoms. The molecule has 5 nitrogen and oxygen atoms in total. The summed E-state index contributed by atoms with van der Waals surface area (Å²) in [4.78, 5) is 24.4. The Morgan fingerprint density at radius 2 is 2.11 bits per heavy atom. The topological polar surface area (TPSA) is 58.1 Å². The minimum atomic E-state index is -0.0478. The van der Waals surface area contributed by atoms with Crippen molar-refractivity contribution in [1.82, 2.24) is 20.2 Å². The Bertz CT molecular complexity index is 957. The highest BCUT2D eigenvalue weighted by atomic mass is 16.1. The van der Waals surface area contributed by atoms with E-state index < -0.39 is 0 Å². The standard InChI is InChI=1S/C23H26N4O/c1-17-7-4-5-13-27(17)14-12-25-23(28)20-15-22(18-8-6-11-24-16-18)26-21-10-3-2-9-19(20)21/h2-3,6,8-11,15-17H,4-5,7,12-14H2,1H3,(H,25,28)/t17-/m1/s1. The van der Waals surface area contributed by atoms with Crippen LogP contribution in [0.3, 0.4) is 0 Å². The average molecular weight is 374 g/mol. The molecule has 0 aliphatic carbocycles. The van der Waals surface area contributed by atoms with E-state index in [-0.39, 0.29) is 5.91 Å². The van der Waals surface area contributed by atoms with Crippen molar-refractivity contribution in [2.24, 2.45) is 0 Å². The number of carbonyl (C=O) groups excluding carboxylic acids is 1. The molecule has 1 N–H and O–H groups in total. The number of para-hydroxylation sites is 1. The molecule has 3 heterocycles. The fraction of sp³-hybridized carbons (Fsp3) is 0.348. The first-order valence-electron chi connectivity index (χ1n) is 10.0. The highest BCUT2D eigenvalue weighted by molar-refractivity contribution is 6.07. The van der Waals surface area contributed by atoms with Crippen LogP contribution < -0.4 is 5.32 Å². The Balaban J connectivity index is 1.55. The number of benzene rings is 1. The first-order valence-corrected chi connectivity index (χ1v) is 10.0. The van der Waals surface area contributed by atoms with Gasteiger partial charge >= 0.3 is 0 Å². The molecule has 1 aliphatic rings. The normalized spacial score (nSPS) is 17.5. The molecule has 28 heavy (non-hydrogen) atoms. The van der Waals surface area contributed by atoms with Gasteiger partial charge in [-0.3, -0.25) is 14.7 Å². The molecule has 1 aromatic carbocycles. The monoisotopic (exact) mass is 374 g/mol. The van der Waals surface area contributed by atoms with Crippen molar-refractivity contribution < 1.29 is 4.79 Å². The maximum absolute atomic E-state index is 13.0. The summed E-state index contributed by atoms with van der Waals surface area (Å²) in [6.07, 6.45) is 7.32. The molecule has 1 saturated heterocycles. The van der Waals surface area contributed by atoms with Gasteiger partial charge < -0.3 is 5.32 Å². The smallest absolute Gasteiger partial charge is 0.252 e. The van der Waals surface area contributed by atoms with Gasteiger partial charge in [-0.05, 0) is 50.6 Å². The number of pyridine rings is 2. The predicted octanol–water partition coefficient (Wildman–Crippen LogP) is 3.90. The maximum Gasteiger partial charge on any atom is 0.252 e. The second-order valence-electron chi connectivity index (χ2n) is 7.45. The number of nitrogens with zero attached hydrogens (tertiary/aromatic N) is 3. The van der Waals surface area contributed by atoms with Gasteiger partial charge in [-0.25, -0.2) is 4.98 Å². The van der Waals surface area contributed by atoms with Gasteiger partial charge in [0, 0.05) is 42.5 Å². The molecule has 1 aliphatic heterocycles. The van der Waals surface area contributed by atoms with E-state index in [1.54, 1.807) is 12.4 Å². The summed E-state index contributed by atoms with van der Waals surface area (Å²) in [5, 5.41) is 3.99. The first kappa shape index (κ1) is 18.6. The van der Waals surface area contributed by atoms with Gasteiger partial charge in [-0.1, -0.05) is 24.6 Å². The second kappa shape index (κ2) is 8.48. The number of carbonyl (C=O) groups is 1. The van der Waals surface area contributed by atoms with Crippen LogP contribution in [-0.4, -0.2) is 46.5 Å². The van der Waals surface area contributed by atoms with Crippen LogP contribution in [0, 0.1) is 0 Å². The molecular weight excluding hydrogens is 348 g/mol. The highest BCUT2D eigenvalue weighted by Gasteiger charge is 2.18. The second-order valence-corrected chi connectivity index (χ2v) is 7.45. The van der Waals surface area contributed by atoms with Gasteiger partial charge in [-0.2, -0.15) is 0 Å². The minimum absolute atomic E-state index is 0.0478. The fourth-order valence-corrected chi connectivity index (χ4v) is 3.92. The number of aromatic nitrogens is 2. The van der Waals surface area contributed by atoms with Gasteiger partial charge in [-0.15, -0.1) is 0 Å². The van der Waals surface area contributed by atoms with Gasteiger partial charge in [0.2, 0.25) is 0 Å². The summed E-state index contributed by atoms with van der Waals surface area (Å²) < 4.78 is 0. The molecule has 0 saturated carbocycles. The summed E-state index contributed by atoms with van der Waals surface area (Å²) in [5.41, 5.74) is 3.15. The van der Waals surface area contributed by atoms with E-state index in [0.29, 0.717) is 18.2 Å². The number of fused-ring (bicyclic) bond motifs is 1. The minimum Gasteiger partial charge on any atom is -0.351 e. The van der Waals surface area contributed by atoms with Crippen LogP contribution in [0.25, 0.3) is 22.2 Å². The van der Waals surface area contributed by atoms with Crippen LogP contribution in [0.5, 0.6) is 0 Å². The molecule has 144 valence electrons. The van der Waals surface area contributed by atoms with E-state index in [9.17, 15) is 4.79 Å². The van der Waals surface area contributed by atoms with Crippen molar-refractivity contribution in [3.8, 4) is 11.3 Å². The van der Waals surface area contributed by atoms with Gasteiger partial charge in [0.05, 0.1) is 16.8 Å². The Morgan fingerprint density at radius 1 is 1.21 bits per heavy atom. The van der Waals surface area contributed by atoms with Crippen LogP contribution in [-0.2, 0) is 0 Å². The van der Waals surface area contributed by atoms with Crippen LogP contribution >= 0.6 is 0 Å². The number of hydrogen-bond acceptors (Lipinski definition) is 4. The SMILES string of the molecule is C[C@@H]1CCCCN1CCNC(=O)c1cc(-c2cccnc2)nc2ccccc12. The van der Waals surface area contributed by atoms with E-state index in [2.05, 4.69) is 22.1 Å². The molecule has 0 unspecified atom stereocenters. The van der Waals surface area contributed by atoms with Crippen LogP contribution in [0.1, 0.15) is 36.5 Å². The quantitative estimate of drug-likeness (QED) is 0.736. The molecule has 4 rings (SSSR count). The van der Waals surface area contributed by atoms with E-state index in [0.717, 1.165) is 35.2 Å². The van der Waals surface area contributed by atoms with Crippen molar-refractivity contribution in [1.29, 1.82) is 0 Å². The van der Waals surface area contributed by atoms with Crippen molar-refractivity contribution in [2.75, 3.05) is 19.6 Å². The van der Waals surface area contributed by atoms with E-state index in [1.807, 2.05) is 42.5 Å². The largest absolute Gasteiger partial charge is 0.351 e. The lowest BCUT2D eigenvalue weighted by Gasteiger charge is -2.33. The molecular formula is C23H26N4O. The lowest BCUT2D eigenvalue weighted by molar-refractivity contribution is 0.0940. The Labute approximate surface area is 165 Å². The third kappa shape index (κ3) is 4.04. The van der Waals surface area contributed by atoms with E-state index in [4.69, 9.17) is 4.98 Å². The first-order chi connectivity index (χ1) is 13.7. The molecule has 2 aromatic heterocycles. The zero-order valence-electron chi connectivity index (χ0n) is 16.3. The van der Waals surface area contributed by atoms with E-state index >= 15 is 0 Å². The summed E-state index contributed by atoms with van der Waals surface area (Å²) in [7, 11) is 0. The van der Waals surface area contributed by atoms with Gasteiger partial charge in [0.1, 0.15) is 0 Å². The predicted molar refractivity (Wildman–Crippen MR) is 112 cm³/mol. The Hall–Kier alpha value is -2.79. The number of rotatable bonds is 5. The molecule has 3 aromatic rings. The average Bonchev–Trinajstić information content (AvgIpc) is 2.75. The van der Waals surface area contributed by atoms with Crippen molar-refractivity contribution in [3.05, 3.63) is 60.4 Å². The Kier molecular flexibility index (Phi) is 5.63. The van der Waals surface area contributed by atoms with E-state index in [1.165, 1.54) is 19.3 Å². The molecule has 1 fully saturated rings. The summed E-state index contributed by atoms with van der Waals surface area (Å²) in [6.45, 7) is 4.95. The third-order valence-electron chi connectivity index (χ3n) is 5.54. The van der Waals surface area contributed by atoms with Crippen molar-refractivity contribution in [3.63, 3.8) is 0 Å². The molecule has 5 heteroatoms. The summed E-state index contributed by atoms with van der Waals surface area (Å²) >= 11 is 0. The number of likely N-dealkylation sites (tertiary alicyclic amines) is 1. The van der Waals surface area contributed by atoms with Crippen LogP contribution in [0.2, 0.25) is 0 Å². The highest BCUT2D eigenvalue weighted by Crippen LogP contribution is 2.24. The molecule has 0 bridgehead atoms.